The van der Waals surface area contributed by atoms with Gasteiger partial charge in [0.05, 0.1) is 19.2 Å². The number of rotatable bonds is 6. The van der Waals surface area contributed by atoms with E-state index >= 15 is 0 Å². The Hall–Kier alpha value is -2.50. The van der Waals surface area contributed by atoms with Crippen LogP contribution in [-0.2, 0) is 16.1 Å². The Balaban J connectivity index is 1.69. The van der Waals surface area contributed by atoms with Gasteiger partial charge in [0.25, 0.3) is 0 Å². The van der Waals surface area contributed by atoms with Gasteiger partial charge in [0.2, 0.25) is 0 Å². The molecule has 4 nitrogen and oxygen atoms in total. The summed E-state index contributed by atoms with van der Waals surface area (Å²) in [5.41, 5.74) is 1.81. The zero-order chi connectivity index (χ0) is 19.4. The van der Waals surface area contributed by atoms with E-state index in [4.69, 9.17) is 25.8 Å². The van der Waals surface area contributed by atoms with Gasteiger partial charge in [-0.25, -0.2) is 4.79 Å². The van der Waals surface area contributed by atoms with Crippen LogP contribution in [0.4, 0.5) is 0 Å². The van der Waals surface area contributed by atoms with Gasteiger partial charge in [-0.1, -0.05) is 29.8 Å². The normalized spacial score (nSPS) is 11.1. The van der Waals surface area contributed by atoms with Gasteiger partial charge in [0, 0.05) is 21.0 Å². The highest BCUT2D eigenvalue weighted by Crippen LogP contribution is 2.36. The number of carbonyl (C=O) groups excluding carboxylic acids is 1. The molecule has 0 bridgehead atoms. The maximum Gasteiger partial charge on any atom is 0.331 e. The molecule has 6 heteroatoms. The quantitative estimate of drug-likeness (QED) is 0.395. The molecule has 27 heavy (non-hydrogen) atoms. The summed E-state index contributed by atoms with van der Waals surface area (Å²) in [5.74, 6) is 0.809. The largest absolute Gasteiger partial charge is 0.493 e. The van der Waals surface area contributed by atoms with E-state index in [0.29, 0.717) is 16.5 Å². The summed E-state index contributed by atoms with van der Waals surface area (Å²) in [4.78, 5) is 12.9. The van der Waals surface area contributed by atoms with Gasteiger partial charge in [-0.2, -0.15) is 0 Å². The molecule has 1 aromatic heterocycles. The predicted molar refractivity (Wildman–Crippen MR) is 110 cm³/mol. The fourth-order valence-corrected chi connectivity index (χ4v) is 4.06. The molecule has 0 N–H and O–H groups in total. The van der Waals surface area contributed by atoms with Gasteiger partial charge >= 0.3 is 5.97 Å². The van der Waals surface area contributed by atoms with Crippen LogP contribution >= 0.6 is 22.9 Å². The Morgan fingerprint density at radius 3 is 2.56 bits per heavy atom. The third-order valence-corrected chi connectivity index (χ3v) is 5.80. The van der Waals surface area contributed by atoms with Crippen molar-refractivity contribution in [3.8, 4) is 11.5 Å². The van der Waals surface area contributed by atoms with Gasteiger partial charge in [-0.3, -0.25) is 0 Å². The van der Waals surface area contributed by atoms with Crippen molar-refractivity contribution in [2.75, 3.05) is 14.2 Å². The average Bonchev–Trinajstić information content (AvgIpc) is 3.01. The minimum absolute atomic E-state index is 0.148. The zero-order valence-corrected chi connectivity index (χ0v) is 16.8. The van der Waals surface area contributed by atoms with Crippen LogP contribution in [0.15, 0.2) is 42.5 Å². The number of esters is 1. The lowest BCUT2D eigenvalue weighted by molar-refractivity contribution is -0.138. The second-order valence-electron chi connectivity index (χ2n) is 5.85. The number of aryl methyl sites for hydroxylation is 1. The van der Waals surface area contributed by atoms with Gasteiger partial charge in [-0.05, 0) is 42.3 Å². The van der Waals surface area contributed by atoms with E-state index in [1.54, 1.807) is 20.3 Å². The Bertz CT molecular complexity index is 1010. The Morgan fingerprint density at radius 2 is 1.85 bits per heavy atom. The minimum atomic E-state index is -0.433. The summed E-state index contributed by atoms with van der Waals surface area (Å²) in [6, 6.07) is 11.5. The first-order chi connectivity index (χ1) is 13.0. The van der Waals surface area contributed by atoms with Gasteiger partial charge in [0.15, 0.2) is 11.5 Å². The predicted octanol–water partition coefficient (Wildman–Crippen LogP) is 5.64. The summed E-state index contributed by atoms with van der Waals surface area (Å²) in [6.45, 7) is 2.08. The lowest BCUT2D eigenvalue weighted by atomic mass is 10.1. The summed E-state index contributed by atoms with van der Waals surface area (Å²) in [7, 11) is 3.15. The number of halogens is 1. The molecule has 0 aliphatic rings. The molecule has 140 valence electrons. The third kappa shape index (κ3) is 4.26. The summed E-state index contributed by atoms with van der Waals surface area (Å²) in [5, 5.41) is 1.63. The highest BCUT2D eigenvalue weighted by atomic mass is 35.5. The first-order valence-corrected chi connectivity index (χ1v) is 9.46. The molecule has 0 amide bonds. The van der Waals surface area contributed by atoms with Crippen molar-refractivity contribution in [2.45, 2.75) is 13.5 Å². The molecule has 1 heterocycles. The lowest BCUT2D eigenvalue weighted by Gasteiger charge is -2.12. The number of methoxy groups -OCH3 is 2. The molecule has 0 spiro atoms. The van der Waals surface area contributed by atoms with E-state index in [2.05, 4.69) is 0 Å². The second-order valence-corrected chi connectivity index (χ2v) is 7.31. The number of carbonyl (C=O) groups is 1. The van der Waals surface area contributed by atoms with Crippen molar-refractivity contribution in [3.05, 3.63) is 63.5 Å². The van der Waals surface area contributed by atoms with E-state index in [1.807, 2.05) is 43.3 Å². The first-order valence-electron chi connectivity index (χ1n) is 8.27. The number of hydrogen-bond donors (Lipinski definition) is 0. The van der Waals surface area contributed by atoms with Crippen LogP contribution in [-0.4, -0.2) is 20.2 Å². The molecule has 2 aromatic carbocycles. The van der Waals surface area contributed by atoms with Crippen LogP contribution in [0.3, 0.4) is 0 Å². The fraction of sp³-hybridized carbons (Fsp3) is 0.190. The van der Waals surface area contributed by atoms with E-state index in [-0.39, 0.29) is 6.61 Å². The minimum Gasteiger partial charge on any atom is -0.493 e. The molecular weight excluding hydrogens is 384 g/mol. The smallest absolute Gasteiger partial charge is 0.331 e. The summed E-state index contributed by atoms with van der Waals surface area (Å²) in [6.07, 6.45) is 3.09. The van der Waals surface area contributed by atoms with Crippen molar-refractivity contribution in [1.82, 2.24) is 0 Å². The van der Waals surface area contributed by atoms with Crippen molar-refractivity contribution in [3.63, 3.8) is 0 Å². The Labute approximate surface area is 166 Å². The summed E-state index contributed by atoms with van der Waals surface area (Å²) >= 11 is 7.91. The van der Waals surface area contributed by atoms with Crippen LogP contribution in [0.2, 0.25) is 5.02 Å². The highest BCUT2D eigenvalue weighted by Gasteiger charge is 2.11. The maximum absolute atomic E-state index is 12.1. The highest BCUT2D eigenvalue weighted by molar-refractivity contribution is 7.20. The first kappa shape index (κ1) is 19.3. The number of hydrogen-bond acceptors (Lipinski definition) is 5. The van der Waals surface area contributed by atoms with Crippen molar-refractivity contribution in [2.24, 2.45) is 0 Å². The fourth-order valence-electron chi connectivity index (χ4n) is 2.66. The molecule has 0 saturated carbocycles. The SMILES string of the molecule is COc1cc(C)c(COC(=O)/C=C/c2sc3ccccc3c2Cl)cc1OC. The van der Waals surface area contributed by atoms with Crippen LogP contribution in [0, 0.1) is 6.92 Å². The number of benzene rings is 2. The van der Waals surface area contributed by atoms with E-state index < -0.39 is 5.97 Å². The second kappa shape index (κ2) is 8.46. The van der Waals surface area contributed by atoms with Crippen LogP contribution in [0.25, 0.3) is 16.2 Å². The Kier molecular flexibility index (Phi) is 6.04. The van der Waals surface area contributed by atoms with Crippen LogP contribution in [0.5, 0.6) is 11.5 Å². The zero-order valence-electron chi connectivity index (χ0n) is 15.2. The average molecular weight is 403 g/mol. The molecule has 0 radical (unpaired) electrons. The topological polar surface area (TPSA) is 44.8 Å². The Morgan fingerprint density at radius 1 is 1.15 bits per heavy atom. The summed E-state index contributed by atoms with van der Waals surface area (Å²) < 4.78 is 17.0. The lowest BCUT2D eigenvalue weighted by Crippen LogP contribution is -2.03. The molecule has 0 atom stereocenters. The van der Waals surface area contributed by atoms with Crippen LogP contribution in [0.1, 0.15) is 16.0 Å². The van der Waals surface area contributed by atoms with Gasteiger partial charge < -0.3 is 14.2 Å². The van der Waals surface area contributed by atoms with Crippen molar-refractivity contribution < 1.29 is 19.0 Å². The molecule has 0 unspecified atom stereocenters. The molecule has 3 aromatic rings. The number of ether oxygens (including phenoxy) is 3. The molecule has 0 saturated heterocycles. The van der Waals surface area contributed by atoms with Crippen molar-refractivity contribution >= 4 is 45.1 Å². The van der Waals surface area contributed by atoms with Crippen LogP contribution < -0.4 is 9.47 Å². The monoisotopic (exact) mass is 402 g/mol. The maximum atomic E-state index is 12.1. The van der Waals surface area contributed by atoms with Gasteiger partial charge in [0.1, 0.15) is 6.61 Å². The molecule has 0 aliphatic heterocycles. The van der Waals surface area contributed by atoms with E-state index in [9.17, 15) is 4.79 Å². The third-order valence-electron chi connectivity index (χ3n) is 4.14. The standard InChI is InChI=1S/C21H19ClO4S/c1-13-10-16(24-2)17(25-3)11-14(13)12-26-20(23)9-8-19-21(22)15-6-4-5-7-18(15)27-19/h4-11H,12H2,1-3H3/b9-8+. The molecular formula is C21H19ClO4S. The number of thiophene rings is 1. The van der Waals surface area contributed by atoms with E-state index in [0.717, 1.165) is 26.1 Å². The van der Waals surface area contributed by atoms with E-state index in [1.165, 1.54) is 17.4 Å². The molecule has 0 aliphatic carbocycles. The number of fused-ring (bicyclic) bond motifs is 1. The molecule has 0 fully saturated rings. The van der Waals surface area contributed by atoms with Gasteiger partial charge in [-0.15, -0.1) is 11.3 Å². The molecule has 3 rings (SSSR count). The van der Waals surface area contributed by atoms with Crippen molar-refractivity contribution in [1.29, 1.82) is 0 Å².